The molecule has 0 aromatic heterocycles. The topological polar surface area (TPSA) is 122 Å². The van der Waals surface area contributed by atoms with Crippen LogP contribution < -0.4 is 16.4 Å². The van der Waals surface area contributed by atoms with Crippen LogP contribution in [-0.2, 0) is 14.4 Å². The number of hydrogen-bond acceptors (Lipinski definition) is 4. The maximum atomic E-state index is 12.4. The lowest BCUT2D eigenvalue weighted by Gasteiger charge is -2.29. The van der Waals surface area contributed by atoms with Crippen LogP contribution in [0.1, 0.15) is 66.2 Å². The molecule has 0 spiro atoms. The van der Waals surface area contributed by atoms with Crippen molar-refractivity contribution in [2.24, 2.45) is 29.4 Å². The fourth-order valence-electron chi connectivity index (χ4n) is 3.60. The smallest absolute Gasteiger partial charge is 0.326 e. The second-order valence-electron chi connectivity index (χ2n) is 8.73. The third-order valence-electron chi connectivity index (χ3n) is 5.17. The Kier molecular flexibility index (Phi) is 12.4. The van der Waals surface area contributed by atoms with E-state index in [0.717, 1.165) is 25.7 Å². The van der Waals surface area contributed by atoms with Gasteiger partial charge in [0, 0.05) is 12.5 Å². The summed E-state index contributed by atoms with van der Waals surface area (Å²) in [6, 6.07) is -1.29. The first-order valence-electron chi connectivity index (χ1n) is 10.2. The molecule has 7 nitrogen and oxygen atoms in total. The summed E-state index contributed by atoms with van der Waals surface area (Å²) in [5.74, 6) is -0.473. The van der Waals surface area contributed by atoms with Crippen molar-refractivity contribution in [2.75, 3.05) is 6.54 Å². The molecule has 2 atom stereocenters. The minimum Gasteiger partial charge on any atom is -0.480 e. The first-order chi connectivity index (χ1) is 12.6. The number of carbonyl (C=O) groups is 3. The van der Waals surface area contributed by atoms with E-state index in [1.54, 1.807) is 0 Å². The van der Waals surface area contributed by atoms with Crippen LogP contribution in [0.15, 0.2) is 0 Å². The summed E-state index contributed by atoms with van der Waals surface area (Å²) in [6.07, 6.45) is 4.23. The van der Waals surface area contributed by atoms with Crippen molar-refractivity contribution in [3.63, 3.8) is 0 Å². The third-order valence-corrected chi connectivity index (χ3v) is 5.17. The number of carbonyl (C=O) groups excluding carboxylic acids is 2. The molecular weight excluding hydrogens is 382 g/mol. The molecule has 0 unspecified atom stereocenters. The Hall–Kier alpha value is -1.34. The normalized spacial score (nSPS) is 21.5. The summed E-state index contributed by atoms with van der Waals surface area (Å²) in [5.41, 5.74) is 5.89. The Bertz CT molecular complexity index is 506. The molecule has 0 heterocycles. The molecule has 1 aliphatic rings. The standard InChI is InChI=1S/C20H37N3O4.ClH/c1-12(2)9-16(21)19(25)22-11-14-5-7-15(8-6-14)18(24)23-17(20(26)27)10-13(3)4;/h12-17H,5-11,21H2,1-4H3,(H,22,25)(H,23,24)(H,26,27);1H/t14?,15?,16-,17+;/m1./s1. The number of nitrogens with one attached hydrogen (secondary N) is 2. The van der Waals surface area contributed by atoms with Gasteiger partial charge in [-0.3, -0.25) is 9.59 Å². The van der Waals surface area contributed by atoms with Crippen LogP contribution in [-0.4, -0.2) is 41.5 Å². The zero-order chi connectivity index (χ0) is 20.6. The summed E-state index contributed by atoms with van der Waals surface area (Å²) < 4.78 is 0. The fraction of sp³-hybridized carbons (Fsp3) is 0.850. The van der Waals surface area contributed by atoms with Crippen LogP contribution in [0, 0.1) is 23.7 Å². The summed E-state index contributed by atoms with van der Waals surface area (Å²) in [4.78, 5) is 35.7. The molecule has 8 heteroatoms. The Morgan fingerprint density at radius 1 is 1.00 bits per heavy atom. The molecular formula is C20H38ClN3O4. The average Bonchev–Trinajstić information content (AvgIpc) is 2.58. The molecule has 164 valence electrons. The fourth-order valence-corrected chi connectivity index (χ4v) is 3.60. The summed E-state index contributed by atoms with van der Waals surface area (Å²) in [6.45, 7) is 8.54. The van der Waals surface area contributed by atoms with Gasteiger partial charge in [-0.25, -0.2) is 4.79 Å². The van der Waals surface area contributed by atoms with Gasteiger partial charge < -0.3 is 21.5 Å². The monoisotopic (exact) mass is 419 g/mol. The molecule has 0 radical (unpaired) electrons. The summed E-state index contributed by atoms with van der Waals surface area (Å²) in [7, 11) is 0. The maximum absolute atomic E-state index is 12.4. The molecule has 1 fully saturated rings. The second-order valence-corrected chi connectivity index (χ2v) is 8.73. The van der Waals surface area contributed by atoms with E-state index in [1.165, 1.54) is 0 Å². The molecule has 0 aromatic rings. The van der Waals surface area contributed by atoms with Gasteiger partial charge in [0.05, 0.1) is 6.04 Å². The van der Waals surface area contributed by atoms with Crippen molar-refractivity contribution >= 4 is 30.2 Å². The zero-order valence-corrected chi connectivity index (χ0v) is 18.4. The summed E-state index contributed by atoms with van der Waals surface area (Å²) in [5, 5.41) is 14.9. The van der Waals surface area contributed by atoms with Gasteiger partial charge in [0.15, 0.2) is 0 Å². The maximum Gasteiger partial charge on any atom is 0.326 e. The predicted octanol–water partition coefficient (Wildman–Crippen LogP) is 2.32. The van der Waals surface area contributed by atoms with Gasteiger partial charge in [0.25, 0.3) is 0 Å². The molecule has 0 saturated heterocycles. The van der Waals surface area contributed by atoms with Gasteiger partial charge in [-0.15, -0.1) is 12.4 Å². The first kappa shape index (κ1) is 26.7. The van der Waals surface area contributed by atoms with Gasteiger partial charge >= 0.3 is 5.97 Å². The SMILES string of the molecule is CC(C)C[C@@H](N)C(=O)NCC1CCC(C(=O)N[C@@H](CC(C)C)C(=O)O)CC1.Cl. The third kappa shape index (κ3) is 9.73. The number of rotatable bonds is 10. The van der Waals surface area contributed by atoms with Gasteiger partial charge in [0.2, 0.25) is 11.8 Å². The minimum atomic E-state index is -0.980. The largest absolute Gasteiger partial charge is 0.480 e. The van der Waals surface area contributed by atoms with E-state index in [4.69, 9.17) is 5.73 Å². The van der Waals surface area contributed by atoms with Crippen LogP contribution >= 0.6 is 12.4 Å². The lowest BCUT2D eigenvalue weighted by atomic mass is 9.81. The lowest BCUT2D eigenvalue weighted by Crippen LogP contribution is -2.46. The highest BCUT2D eigenvalue weighted by Gasteiger charge is 2.30. The minimum absolute atomic E-state index is 0. The number of carboxylic acids is 1. The van der Waals surface area contributed by atoms with Crippen molar-refractivity contribution in [1.82, 2.24) is 10.6 Å². The first-order valence-corrected chi connectivity index (χ1v) is 10.2. The molecule has 0 aliphatic heterocycles. The van der Waals surface area contributed by atoms with Crippen LogP contribution in [0.5, 0.6) is 0 Å². The van der Waals surface area contributed by atoms with E-state index in [9.17, 15) is 19.5 Å². The molecule has 1 rings (SSSR count). The molecule has 0 aromatic carbocycles. The number of amides is 2. The quantitative estimate of drug-likeness (QED) is 0.433. The van der Waals surface area contributed by atoms with Crippen LogP contribution in [0.3, 0.4) is 0 Å². The Balaban J connectivity index is 0.00000729. The highest BCUT2D eigenvalue weighted by Crippen LogP contribution is 2.28. The van der Waals surface area contributed by atoms with Crippen molar-refractivity contribution in [2.45, 2.75) is 78.3 Å². The van der Waals surface area contributed by atoms with E-state index in [1.807, 2.05) is 27.7 Å². The molecule has 2 amide bonds. The Labute approximate surface area is 175 Å². The predicted molar refractivity (Wildman–Crippen MR) is 112 cm³/mol. The van der Waals surface area contributed by atoms with Gasteiger partial charge in [-0.05, 0) is 56.3 Å². The molecule has 0 bridgehead atoms. The van der Waals surface area contributed by atoms with Crippen molar-refractivity contribution in [3.05, 3.63) is 0 Å². The molecule has 5 N–H and O–H groups in total. The van der Waals surface area contributed by atoms with Gasteiger partial charge in [-0.2, -0.15) is 0 Å². The van der Waals surface area contributed by atoms with E-state index < -0.39 is 18.1 Å². The van der Waals surface area contributed by atoms with Gasteiger partial charge in [0.1, 0.15) is 6.04 Å². The highest BCUT2D eigenvalue weighted by atomic mass is 35.5. The molecule has 28 heavy (non-hydrogen) atoms. The highest BCUT2D eigenvalue weighted by molar-refractivity contribution is 5.85. The Morgan fingerprint density at radius 3 is 2.00 bits per heavy atom. The van der Waals surface area contributed by atoms with Crippen molar-refractivity contribution in [1.29, 1.82) is 0 Å². The van der Waals surface area contributed by atoms with Crippen LogP contribution in [0.2, 0.25) is 0 Å². The zero-order valence-electron chi connectivity index (χ0n) is 17.6. The molecule has 1 aliphatic carbocycles. The lowest BCUT2D eigenvalue weighted by molar-refractivity contribution is -0.143. The van der Waals surface area contributed by atoms with Crippen LogP contribution in [0.4, 0.5) is 0 Å². The van der Waals surface area contributed by atoms with Gasteiger partial charge in [-0.1, -0.05) is 27.7 Å². The van der Waals surface area contributed by atoms with E-state index in [0.29, 0.717) is 31.2 Å². The summed E-state index contributed by atoms with van der Waals surface area (Å²) >= 11 is 0. The number of hydrogen-bond donors (Lipinski definition) is 4. The Morgan fingerprint density at radius 2 is 1.54 bits per heavy atom. The average molecular weight is 420 g/mol. The molecule has 1 saturated carbocycles. The van der Waals surface area contributed by atoms with Crippen LogP contribution in [0.25, 0.3) is 0 Å². The van der Waals surface area contributed by atoms with E-state index in [2.05, 4.69) is 10.6 Å². The van der Waals surface area contributed by atoms with Crippen molar-refractivity contribution < 1.29 is 19.5 Å². The number of carboxylic acid groups (broad SMARTS) is 1. The van der Waals surface area contributed by atoms with Crippen molar-refractivity contribution in [3.8, 4) is 0 Å². The number of nitrogens with two attached hydrogens (primary N) is 1. The van der Waals surface area contributed by atoms with E-state index >= 15 is 0 Å². The number of halogens is 1. The second kappa shape index (κ2) is 13.0. The number of aliphatic carboxylic acids is 1. The van der Waals surface area contributed by atoms with E-state index in [-0.39, 0.29) is 36.1 Å².